The Kier molecular flexibility index (Phi) is 5.68. The number of nitro groups is 1. The fourth-order valence-corrected chi connectivity index (χ4v) is 2.19. The number of hydrogen-bond acceptors (Lipinski definition) is 3. The number of amides is 2. The third-order valence-electron chi connectivity index (χ3n) is 3.40. The Morgan fingerprint density at radius 3 is 2.61 bits per heavy atom. The fraction of sp³-hybridized carbons (Fsp3) is 0.235. The molecule has 0 fully saturated rings. The van der Waals surface area contributed by atoms with Crippen LogP contribution >= 0.6 is 0 Å². The van der Waals surface area contributed by atoms with Crippen molar-refractivity contribution < 1.29 is 9.72 Å². The van der Waals surface area contributed by atoms with Gasteiger partial charge in [-0.2, -0.15) is 0 Å². The molecule has 0 aliphatic carbocycles. The van der Waals surface area contributed by atoms with Crippen LogP contribution in [-0.4, -0.2) is 17.0 Å². The van der Waals surface area contributed by atoms with E-state index in [4.69, 9.17) is 0 Å². The number of anilines is 1. The van der Waals surface area contributed by atoms with Gasteiger partial charge in [-0.25, -0.2) is 4.79 Å². The molecule has 2 amide bonds. The lowest BCUT2D eigenvalue weighted by molar-refractivity contribution is -0.384. The SMILES string of the molecule is CC(CCc1ccccc1)NC(=O)Nc1cccc([N+](=O)[O-])c1. The van der Waals surface area contributed by atoms with Gasteiger partial charge in [-0.05, 0) is 31.4 Å². The predicted octanol–water partition coefficient (Wildman–Crippen LogP) is 3.74. The normalized spacial score (nSPS) is 11.5. The molecule has 120 valence electrons. The van der Waals surface area contributed by atoms with Crippen molar-refractivity contribution in [2.24, 2.45) is 0 Å². The number of benzene rings is 2. The minimum absolute atomic E-state index is 0.00564. The van der Waals surface area contributed by atoms with E-state index in [1.165, 1.54) is 23.8 Å². The van der Waals surface area contributed by atoms with E-state index in [0.29, 0.717) is 5.69 Å². The summed E-state index contributed by atoms with van der Waals surface area (Å²) >= 11 is 0. The third-order valence-corrected chi connectivity index (χ3v) is 3.40. The van der Waals surface area contributed by atoms with Gasteiger partial charge in [0.25, 0.3) is 5.69 Å². The second-order valence-corrected chi connectivity index (χ2v) is 5.33. The summed E-state index contributed by atoms with van der Waals surface area (Å²) in [6.07, 6.45) is 1.69. The van der Waals surface area contributed by atoms with Crippen LogP contribution in [0.1, 0.15) is 18.9 Å². The van der Waals surface area contributed by atoms with Crippen molar-refractivity contribution in [1.29, 1.82) is 0 Å². The Morgan fingerprint density at radius 2 is 1.91 bits per heavy atom. The zero-order valence-electron chi connectivity index (χ0n) is 12.9. The van der Waals surface area contributed by atoms with Crippen LogP contribution in [0.25, 0.3) is 0 Å². The molecule has 2 N–H and O–H groups in total. The first-order chi connectivity index (χ1) is 11.0. The van der Waals surface area contributed by atoms with Crippen molar-refractivity contribution >= 4 is 17.4 Å². The first-order valence-electron chi connectivity index (χ1n) is 7.40. The van der Waals surface area contributed by atoms with Gasteiger partial charge in [0, 0.05) is 23.9 Å². The maximum absolute atomic E-state index is 11.9. The molecule has 2 aromatic carbocycles. The van der Waals surface area contributed by atoms with Crippen LogP contribution in [0, 0.1) is 10.1 Å². The van der Waals surface area contributed by atoms with Crippen molar-refractivity contribution in [3.63, 3.8) is 0 Å². The molecule has 0 saturated heterocycles. The average Bonchev–Trinajstić information content (AvgIpc) is 2.54. The van der Waals surface area contributed by atoms with Gasteiger partial charge in [0.05, 0.1) is 4.92 Å². The summed E-state index contributed by atoms with van der Waals surface area (Å²) in [5.74, 6) is 0. The van der Waals surface area contributed by atoms with E-state index in [9.17, 15) is 14.9 Å². The molecule has 0 heterocycles. The summed E-state index contributed by atoms with van der Waals surface area (Å²) in [5, 5.41) is 16.2. The minimum atomic E-state index is -0.494. The molecule has 1 atom stereocenters. The number of carbonyl (C=O) groups excluding carboxylic acids is 1. The highest BCUT2D eigenvalue weighted by Crippen LogP contribution is 2.16. The number of non-ortho nitro benzene ring substituents is 1. The fourth-order valence-electron chi connectivity index (χ4n) is 2.19. The molecule has 1 unspecified atom stereocenters. The molecule has 0 spiro atoms. The quantitative estimate of drug-likeness (QED) is 0.629. The van der Waals surface area contributed by atoms with Crippen molar-refractivity contribution in [3.8, 4) is 0 Å². The van der Waals surface area contributed by atoms with Gasteiger partial charge >= 0.3 is 6.03 Å². The lowest BCUT2D eigenvalue weighted by Gasteiger charge is -2.14. The van der Waals surface area contributed by atoms with E-state index < -0.39 is 4.92 Å². The second kappa shape index (κ2) is 7.93. The highest BCUT2D eigenvalue weighted by Gasteiger charge is 2.10. The Morgan fingerprint density at radius 1 is 1.17 bits per heavy atom. The molecule has 23 heavy (non-hydrogen) atoms. The summed E-state index contributed by atoms with van der Waals surface area (Å²) < 4.78 is 0. The van der Waals surface area contributed by atoms with Crippen LogP contribution in [0.3, 0.4) is 0 Å². The zero-order chi connectivity index (χ0) is 16.7. The van der Waals surface area contributed by atoms with Crippen molar-refractivity contribution in [2.75, 3.05) is 5.32 Å². The van der Waals surface area contributed by atoms with Gasteiger partial charge in [-0.1, -0.05) is 36.4 Å². The predicted molar refractivity (Wildman–Crippen MR) is 89.5 cm³/mol. The lowest BCUT2D eigenvalue weighted by atomic mass is 10.1. The highest BCUT2D eigenvalue weighted by atomic mass is 16.6. The number of nitro benzene ring substituents is 1. The molecule has 6 nitrogen and oxygen atoms in total. The first kappa shape index (κ1) is 16.5. The van der Waals surface area contributed by atoms with Gasteiger partial charge in [-0.15, -0.1) is 0 Å². The zero-order valence-corrected chi connectivity index (χ0v) is 12.9. The van der Waals surface area contributed by atoms with E-state index in [1.807, 2.05) is 25.1 Å². The van der Waals surface area contributed by atoms with Gasteiger partial charge < -0.3 is 10.6 Å². The molecule has 0 saturated carbocycles. The summed E-state index contributed by atoms with van der Waals surface area (Å²) in [6.45, 7) is 1.93. The maximum Gasteiger partial charge on any atom is 0.319 e. The first-order valence-corrected chi connectivity index (χ1v) is 7.40. The Hall–Kier alpha value is -2.89. The standard InChI is InChI=1S/C17H19N3O3/c1-13(10-11-14-6-3-2-4-7-14)18-17(21)19-15-8-5-9-16(12-15)20(22)23/h2-9,12-13H,10-11H2,1H3,(H2,18,19,21). The highest BCUT2D eigenvalue weighted by molar-refractivity contribution is 5.89. The van der Waals surface area contributed by atoms with Gasteiger partial charge in [0.15, 0.2) is 0 Å². The Bertz CT molecular complexity index is 674. The number of rotatable bonds is 6. The Labute approximate surface area is 134 Å². The summed E-state index contributed by atoms with van der Waals surface area (Å²) in [5.41, 5.74) is 1.56. The minimum Gasteiger partial charge on any atom is -0.335 e. The van der Waals surface area contributed by atoms with Crippen LogP contribution in [0.4, 0.5) is 16.2 Å². The third kappa shape index (κ3) is 5.43. The topological polar surface area (TPSA) is 84.3 Å². The van der Waals surface area contributed by atoms with Crippen LogP contribution < -0.4 is 10.6 Å². The van der Waals surface area contributed by atoms with Crippen LogP contribution in [0.15, 0.2) is 54.6 Å². The Balaban J connectivity index is 1.82. The smallest absolute Gasteiger partial charge is 0.319 e. The number of nitrogens with one attached hydrogen (secondary N) is 2. The lowest BCUT2D eigenvalue weighted by Crippen LogP contribution is -2.36. The van der Waals surface area contributed by atoms with E-state index >= 15 is 0 Å². The molecular weight excluding hydrogens is 294 g/mol. The van der Waals surface area contributed by atoms with Crippen molar-refractivity contribution in [2.45, 2.75) is 25.8 Å². The molecule has 6 heteroatoms. The molecule has 0 radical (unpaired) electrons. The van der Waals surface area contributed by atoms with Crippen LogP contribution in [0.5, 0.6) is 0 Å². The van der Waals surface area contributed by atoms with Gasteiger partial charge in [0.2, 0.25) is 0 Å². The van der Waals surface area contributed by atoms with E-state index in [-0.39, 0.29) is 17.8 Å². The van der Waals surface area contributed by atoms with Crippen LogP contribution in [0.2, 0.25) is 0 Å². The van der Waals surface area contributed by atoms with E-state index in [0.717, 1.165) is 12.8 Å². The second-order valence-electron chi connectivity index (χ2n) is 5.33. The molecule has 0 aliphatic rings. The molecule has 2 aromatic rings. The molecule has 0 aromatic heterocycles. The molecule has 0 bridgehead atoms. The molecule has 0 aliphatic heterocycles. The largest absolute Gasteiger partial charge is 0.335 e. The van der Waals surface area contributed by atoms with Gasteiger partial charge in [0.1, 0.15) is 0 Å². The van der Waals surface area contributed by atoms with Gasteiger partial charge in [-0.3, -0.25) is 10.1 Å². The number of hydrogen-bond donors (Lipinski definition) is 2. The summed E-state index contributed by atoms with van der Waals surface area (Å²) in [7, 11) is 0. The number of carbonyl (C=O) groups is 1. The van der Waals surface area contributed by atoms with Crippen molar-refractivity contribution in [3.05, 3.63) is 70.3 Å². The van der Waals surface area contributed by atoms with E-state index in [2.05, 4.69) is 22.8 Å². The number of aryl methyl sites for hydroxylation is 1. The summed E-state index contributed by atoms with van der Waals surface area (Å²) in [6, 6.07) is 15.5. The monoisotopic (exact) mass is 313 g/mol. The van der Waals surface area contributed by atoms with Crippen LogP contribution in [-0.2, 0) is 6.42 Å². The number of urea groups is 1. The molecular formula is C17H19N3O3. The van der Waals surface area contributed by atoms with E-state index in [1.54, 1.807) is 6.07 Å². The average molecular weight is 313 g/mol. The summed E-state index contributed by atoms with van der Waals surface area (Å²) in [4.78, 5) is 22.1. The molecule has 2 rings (SSSR count). The maximum atomic E-state index is 11.9. The van der Waals surface area contributed by atoms with Crippen molar-refractivity contribution in [1.82, 2.24) is 5.32 Å². The number of nitrogens with zero attached hydrogens (tertiary/aromatic N) is 1.